The Morgan fingerprint density at radius 3 is 2.76 bits per heavy atom. The molecule has 0 radical (unpaired) electrons. The fraction of sp³-hybridized carbons (Fsp3) is 0.833. The number of hydrogen-bond acceptors (Lipinski definition) is 4. The van der Waals surface area contributed by atoms with Gasteiger partial charge in [-0.25, -0.2) is 0 Å². The largest absolute Gasteiger partial charge is 0.469 e. The third-order valence-electron chi connectivity index (χ3n) is 3.46. The van der Waals surface area contributed by atoms with Gasteiger partial charge < -0.3 is 15.0 Å². The van der Waals surface area contributed by atoms with Crippen molar-refractivity contribution in [2.45, 2.75) is 50.7 Å². The quantitative estimate of drug-likeness (QED) is 0.720. The molecular formula is C12H20N2O3. The number of ether oxygens (including phenoxy) is 1. The molecule has 1 aliphatic carbocycles. The van der Waals surface area contributed by atoms with Crippen LogP contribution in [-0.4, -0.2) is 48.6 Å². The van der Waals surface area contributed by atoms with Crippen molar-refractivity contribution < 1.29 is 14.3 Å². The smallest absolute Gasteiger partial charge is 0.307 e. The van der Waals surface area contributed by atoms with Crippen molar-refractivity contribution in [3.63, 3.8) is 0 Å². The zero-order chi connectivity index (χ0) is 12.4. The second-order valence-corrected chi connectivity index (χ2v) is 4.95. The van der Waals surface area contributed by atoms with Crippen molar-refractivity contribution in [3.8, 4) is 0 Å². The lowest BCUT2D eigenvalue weighted by Gasteiger charge is -2.23. The van der Waals surface area contributed by atoms with E-state index in [0.29, 0.717) is 6.04 Å². The van der Waals surface area contributed by atoms with Gasteiger partial charge in [0.05, 0.1) is 19.6 Å². The normalized spacial score (nSPS) is 30.0. The van der Waals surface area contributed by atoms with Crippen molar-refractivity contribution in [1.29, 1.82) is 0 Å². The number of amides is 1. The van der Waals surface area contributed by atoms with Gasteiger partial charge in [0.15, 0.2) is 0 Å². The number of nitrogens with one attached hydrogen (secondary N) is 1. The Bertz CT molecular complexity index is 315. The summed E-state index contributed by atoms with van der Waals surface area (Å²) in [4.78, 5) is 25.5. The molecule has 0 aromatic heterocycles. The van der Waals surface area contributed by atoms with Crippen LogP contribution < -0.4 is 5.32 Å². The van der Waals surface area contributed by atoms with Crippen LogP contribution in [0.1, 0.15) is 32.6 Å². The molecule has 1 heterocycles. The molecule has 96 valence electrons. The standard InChI is InChI=1S/C12H20N2O3/c1-8-5-6-14(9-3-4-9)12(16)10(13-8)7-11(15)17-2/h8-10,13H,3-7H2,1-2H3. The van der Waals surface area contributed by atoms with E-state index in [9.17, 15) is 9.59 Å². The molecule has 1 saturated heterocycles. The van der Waals surface area contributed by atoms with Crippen LogP contribution in [0.25, 0.3) is 0 Å². The van der Waals surface area contributed by atoms with Crippen LogP contribution in [-0.2, 0) is 14.3 Å². The number of carbonyl (C=O) groups excluding carboxylic acids is 2. The highest BCUT2D eigenvalue weighted by Gasteiger charge is 2.38. The van der Waals surface area contributed by atoms with E-state index in [1.807, 2.05) is 11.8 Å². The maximum absolute atomic E-state index is 12.3. The fourth-order valence-electron chi connectivity index (χ4n) is 2.29. The molecule has 0 bridgehead atoms. The summed E-state index contributed by atoms with van der Waals surface area (Å²) in [7, 11) is 1.35. The molecule has 2 rings (SSSR count). The molecule has 0 aromatic rings. The zero-order valence-electron chi connectivity index (χ0n) is 10.4. The van der Waals surface area contributed by atoms with Crippen LogP contribution >= 0.6 is 0 Å². The molecule has 2 unspecified atom stereocenters. The molecule has 1 aliphatic heterocycles. The van der Waals surface area contributed by atoms with Crippen molar-refractivity contribution in [2.24, 2.45) is 0 Å². The van der Waals surface area contributed by atoms with Crippen LogP contribution in [0.5, 0.6) is 0 Å². The molecule has 0 spiro atoms. The van der Waals surface area contributed by atoms with Gasteiger partial charge in [-0.05, 0) is 26.2 Å². The number of nitrogens with zero attached hydrogens (tertiary/aromatic N) is 1. The van der Waals surface area contributed by atoms with Crippen molar-refractivity contribution in [2.75, 3.05) is 13.7 Å². The lowest BCUT2D eigenvalue weighted by Crippen LogP contribution is -2.47. The van der Waals surface area contributed by atoms with Crippen LogP contribution in [0.4, 0.5) is 0 Å². The summed E-state index contributed by atoms with van der Waals surface area (Å²) in [6, 6.07) is 0.257. The molecule has 2 fully saturated rings. The van der Waals surface area contributed by atoms with E-state index in [1.165, 1.54) is 7.11 Å². The minimum atomic E-state index is -0.416. The summed E-state index contributed by atoms with van der Waals surface area (Å²) in [5.41, 5.74) is 0. The molecule has 1 amide bonds. The molecule has 17 heavy (non-hydrogen) atoms. The Hall–Kier alpha value is -1.10. The van der Waals surface area contributed by atoms with Crippen LogP contribution in [0.3, 0.4) is 0 Å². The lowest BCUT2D eigenvalue weighted by atomic mass is 10.1. The molecule has 5 heteroatoms. The average molecular weight is 240 g/mol. The first-order valence-electron chi connectivity index (χ1n) is 6.25. The third kappa shape index (κ3) is 2.97. The Morgan fingerprint density at radius 2 is 2.18 bits per heavy atom. The molecule has 1 N–H and O–H groups in total. The summed E-state index contributed by atoms with van der Waals surface area (Å²) >= 11 is 0. The van der Waals surface area contributed by atoms with E-state index in [0.717, 1.165) is 25.8 Å². The van der Waals surface area contributed by atoms with E-state index in [1.54, 1.807) is 0 Å². The first-order chi connectivity index (χ1) is 8.11. The second kappa shape index (κ2) is 5.04. The Balaban J connectivity index is 2.04. The van der Waals surface area contributed by atoms with Crippen LogP contribution in [0.2, 0.25) is 0 Å². The van der Waals surface area contributed by atoms with Gasteiger partial charge in [-0.2, -0.15) is 0 Å². The zero-order valence-corrected chi connectivity index (χ0v) is 10.4. The average Bonchev–Trinajstić information content (AvgIpc) is 3.11. The highest BCUT2D eigenvalue weighted by Crippen LogP contribution is 2.29. The van der Waals surface area contributed by atoms with E-state index in [4.69, 9.17) is 0 Å². The summed E-state index contributed by atoms with van der Waals surface area (Å²) < 4.78 is 4.64. The van der Waals surface area contributed by atoms with Crippen molar-refractivity contribution >= 4 is 11.9 Å². The Kier molecular flexibility index (Phi) is 3.66. The molecule has 2 aliphatic rings. The Labute approximate surface area is 101 Å². The number of methoxy groups -OCH3 is 1. The van der Waals surface area contributed by atoms with E-state index in [-0.39, 0.29) is 24.3 Å². The maximum atomic E-state index is 12.3. The predicted octanol–water partition coefficient (Wildman–Crippen LogP) is 0.291. The third-order valence-corrected chi connectivity index (χ3v) is 3.46. The molecule has 0 aromatic carbocycles. The number of hydrogen-bond donors (Lipinski definition) is 1. The van der Waals surface area contributed by atoms with E-state index in [2.05, 4.69) is 10.1 Å². The topological polar surface area (TPSA) is 58.6 Å². The first-order valence-corrected chi connectivity index (χ1v) is 6.25. The van der Waals surface area contributed by atoms with Crippen molar-refractivity contribution in [1.82, 2.24) is 10.2 Å². The molecule has 5 nitrogen and oxygen atoms in total. The highest BCUT2D eigenvalue weighted by molar-refractivity contribution is 5.87. The van der Waals surface area contributed by atoms with Crippen molar-refractivity contribution in [3.05, 3.63) is 0 Å². The van der Waals surface area contributed by atoms with Gasteiger partial charge in [0.2, 0.25) is 5.91 Å². The fourth-order valence-corrected chi connectivity index (χ4v) is 2.29. The summed E-state index contributed by atoms with van der Waals surface area (Å²) in [6.07, 6.45) is 3.28. The minimum Gasteiger partial charge on any atom is -0.469 e. The van der Waals surface area contributed by atoms with Crippen LogP contribution in [0.15, 0.2) is 0 Å². The molecule has 1 saturated carbocycles. The van der Waals surface area contributed by atoms with Gasteiger partial charge in [-0.15, -0.1) is 0 Å². The number of rotatable bonds is 3. The lowest BCUT2D eigenvalue weighted by molar-refractivity contribution is -0.145. The molecular weight excluding hydrogens is 220 g/mol. The van der Waals surface area contributed by atoms with Crippen LogP contribution in [0, 0.1) is 0 Å². The summed E-state index contributed by atoms with van der Waals surface area (Å²) in [5.74, 6) is -0.275. The monoisotopic (exact) mass is 240 g/mol. The first kappa shape index (κ1) is 12.4. The molecule has 2 atom stereocenters. The minimum absolute atomic E-state index is 0.0576. The van der Waals surface area contributed by atoms with Gasteiger partial charge in [-0.1, -0.05) is 0 Å². The van der Waals surface area contributed by atoms with E-state index >= 15 is 0 Å². The second-order valence-electron chi connectivity index (χ2n) is 4.95. The van der Waals surface area contributed by atoms with Gasteiger partial charge in [0.1, 0.15) is 0 Å². The van der Waals surface area contributed by atoms with Gasteiger partial charge in [0, 0.05) is 18.6 Å². The maximum Gasteiger partial charge on any atom is 0.307 e. The SMILES string of the molecule is COC(=O)CC1NC(C)CCN(C2CC2)C1=O. The van der Waals surface area contributed by atoms with Gasteiger partial charge >= 0.3 is 5.97 Å². The predicted molar refractivity (Wildman–Crippen MR) is 62.4 cm³/mol. The van der Waals surface area contributed by atoms with Gasteiger partial charge in [0.25, 0.3) is 0 Å². The summed E-state index contributed by atoms with van der Waals surface area (Å²) in [5, 5.41) is 3.21. The van der Waals surface area contributed by atoms with Gasteiger partial charge in [-0.3, -0.25) is 9.59 Å². The number of carbonyl (C=O) groups is 2. The van der Waals surface area contributed by atoms with E-state index < -0.39 is 6.04 Å². The number of esters is 1. The highest BCUT2D eigenvalue weighted by atomic mass is 16.5. The summed E-state index contributed by atoms with van der Waals surface area (Å²) in [6.45, 7) is 2.85. The Morgan fingerprint density at radius 1 is 1.47 bits per heavy atom.